The number of benzene rings is 1. The van der Waals surface area contributed by atoms with Gasteiger partial charge in [-0.1, -0.05) is 6.07 Å². The van der Waals surface area contributed by atoms with E-state index in [9.17, 15) is 4.79 Å². The van der Waals surface area contributed by atoms with Crippen LogP contribution in [0, 0.1) is 0 Å². The Kier molecular flexibility index (Phi) is 5.34. The van der Waals surface area contributed by atoms with Gasteiger partial charge in [-0.3, -0.25) is 9.69 Å². The summed E-state index contributed by atoms with van der Waals surface area (Å²) in [4.78, 5) is 19.4. The number of aromatic nitrogens is 1. The van der Waals surface area contributed by atoms with Crippen molar-refractivity contribution in [2.45, 2.75) is 31.8 Å². The van der Waals surface area contributed by atoms with Crippen LogP contribution in [-0.2, 0) is 6.54 Å². The van der Waals surface area contributed by atoms with Gasteiger partial charge in [0, 0.05) is 23.7 Å². The number of furan rings is 1. The van der Waals surface area contributed by atoms with E-state index in [-0.39, 0.29) is 11.9 Å². The van der Waals surface area contributed by atoms with Gasteiger partial charge in [-0.25, -0.2) is 4.98 Å². The summed E-state index contributed by atoms with van der Waals surface area (Å²) < 4.78 is 11.6. The fourth-order valence-electron chi connectivity index (χ4n) is 4.28. The Hall–Kier alpha value is -3.32. The number of nitrogens with two attached hydrogens (primary N) is 1. The van der Waals surface area contributed by atoms with E-state index in [1.54, 1.807) is 18.3 Å². The van der Waals surface area contributed by atoms with E-state index in [1.165, 1.54) is 12.8 Å². The number of pyridine rings is 1. The van der Waals surface area contributed by atoms with Crippen LogP contribution in [0.3, 0.4) is 0 Å². The normalized spacial score (nSPS) is 18.4. The third-order valence-electron chi connectivity index (χ3n) is 5.94. The van der Waals surface area contributed by atoms with Gasteiger partial charge in [0.15, 0.2) is 5.76 Å². The number of fused-ring (bicyclic) bond motifs is 1. The largest absolute Gasteiger partial charge is 0.493 e. The second kappa shape index (κ2) is 8.43. The third kappa shape index (κ3) is 4.27. The highest BCUT2D eigenvalue weighted by molar-refractivity contribution is 5.91. The Bertz CT molecular complexity index is 1070. The minimum absolute atomic E-state index is 0.148. The molecule has 1 aromatic carbocycles. The van der Waals surface area contributed by atoms with Crippen molar-refractivity contribution in [3.8, 4) is 16.9 Å². The highest BCUT2D eigenvalue weighted by Crippen LogP contribution is 2.35. The molecule has 0 radical (unpaired) electrons. The van der Waals surface area contributed by atoms with Crippen molar-refractivity contribution in [2.75, 3.05) is 25.4 Å². The number of anilines is 1. The monoisotopic (exact) mass is 418 g/mol. The van der Waals surface area contributed by atoms with Gasteiger partial charge in [-0.05, 0) is 67.9 Å². The molecule has 4 heterocycles. The second-order valence-electron chi connectivity index (χ2n) is 8.14. The van der Waals surface area contributed by atoms with Crippen LogP contribution in [0.5, 0.6) is 5.75 Å². The predicted octanol–water partition coefficient (Wildman–Crippen LogP) is 3.77. The Labute approximate surface area is 181 Å². The van der Waals surface area contributed by atoms with Crippen LogP contribution in [0.2, 0.25) is 0 Å². The summed E-state index contributed by atoms with van der Waals surface area (Å²) in [7, 11) is 0. The second-order valence-corrected chi connectivity index (χ2v) is 8.14. The lowest BCUT2D eigenvalue weighted by atomic mass is 9.96. The molecule has 1 amide bonds. The maximum absolute atomic E-state index is 12.9. The maximum Gasteiger partial charge on any atom is 0.287 e. The van der Waals surface area contributed by atoms with E-state index < -0.39 is 0 Å². The molecule has 3 N–H and O–H groups in total. The number of nitrogen functional groups attached to an aromatic ring is 1. The number of carbonyl (C=O) groups excluding carboxylic acids is 1. The molecule has 1 fully saturated rings. The average molecular weight is 418 g/mol. The summed E-state index contributed by atoms with van der Waals surface area (Å²) in [5.41, 5.74) is 8.63. The minimum Gasteiger partial charge on any atom is -0.493 e. The number of carbonyl (C=O) groups is 1. The molecule has 5 rings (SSSR count). The molecule has 1 unspecified atom stereocenters. The summed E-state index contributed by atoms with van der Waals surface area (Å²) in [6.45, 7) is 3.49. The number of hydrogen-bond acceptors (Lipinski definition) is 6. The molecule has 1 atom stereocenters. The van der Waals surface area contributed by atoms with Crippen molar-refractivity contribution in [3.05, 3.63) is 65.7 Å². The Morgan fingerprint density at radius 2 is 1.97 bits per heavy atom. The number of rotatable bonds is 5. The highest BCUT2D eigenvalue weighted by Gasteiger charge is 2.25. The van der Waals surface area contributed by atoms with E-state index in [2.05, 4.69) is 15.2 Å². The zero-order chi connectivity index (χ0) is 21.2. The first-order chi connectivity index (χ1) is 15.2. The van der Waals surface area contributed by atoms with Crippen LogP contribution in [0.4, 0.5) is 5.82 Å². The van der Waals surface area contributed by atoms with Gasteiger partial charge in [-0.15, -0.1) is 0 Å². The van der Waals surface area contributed by atoms with Crippen LogP contribution in [0.25, 0.3) is 11.1 Å². The van der Waals surface area contributed by atoms with Gasteiger partial charge in [0.05, 0.1) is 19.2 Å². The van der Waals surface area contributed by atoms with Gasteiger partial charge in [-0.2, -0.15) is 0 Å². The molecule has 0 spiro atoms. The van der Waals surface area contributed by atoms with Crippen LogP contribution < -0.4 is 15.8 Å². The van der Waals surface area contributed by atoms with Gasteiger partial charge in [0.25, 0.3) is 5.91 Å². The average Bonchev–Trinajstić information content (AvgIpc) is 3.47. The molecule has 31 heavy (non-hydrogen) atoms. The number of ether oxygens (including phenoxy) is 1. The molecule has 2 aliphatic heterocycles. The van der Waals surface area contributed by atoms with Gasteiger partial charge in [0.1, 0.15) is 17.3 Å². The topological polar surface area (TPSA) is 93.6 Å². The highest BCUT2D eigenvalue weighted by atomic mass is 16.5. The molecule has 2 aromatic heterocycles. The first-order valence-electron chi connectivity index (χ1n) is 10.8. The summed E-state index contributed by atoms with van der Waals surface area (Å²) >= 11 is 0. The molecule has 0 bridgehead atoms. The molecule has 0 aliphatic carbocycles. The predicted molar refractivity (Wildman–Crippen MR) is 118 cm³/mol. The fourth-order valence-corrected chi connectivity index (χ4v) is 4.28. The van der Waals surface area contributed by atoms with Crippen LogP contribution in [-0.4, -0.2) is 35.5 Å². The minimum atomic E-state index is -0.204. The third-order valence-corrected chi connectivity index (χ3v) is 5.94. The van der Waals surface area contributed by atoms with Crippen molar-refractivity contribution in [1.82, 2.24) is 15.2 Å². The lowest BCUT2D eigenvalue weighted by Gasteiger charge is -2.27. The SMILES string of the molecule is Nc1ccc(-c2ccc3c(c2)C(NC(=O)c2ccc(CN4CCCC4)o2)CCO3)cn1. The number of amides is 1. The molecule has 1 saturated heterocycles. The molecule has 7 heteroatoms. The molecule has 7 nitrogen and oxygen atoms in total. The number of nitrogens with one attached hydrogen (secondary N) is 1. The molecule has 160 valence electrons. The Morgan fingerprint density at radius 3 is 2.77 bits per heavy atom. The Morgan fingerprint density at radius 1 is 1.13 bits per heavy atom. The molecule has 0 saturated carbocycles. The lowest BCUT2D eigenvalue weighted by Crippen LogP contribution is -2.32. The zero-order valence-electron chi connectivity index (χ0n) is 17.3. The van der Waals surface area contributed by atoms with Crippen molar-refractivity contribution >= 4 is 11.7 Å². The molecular formula is C24H26N4O3. The number of likely N-dealkylation sites (tertiary alicyclic amines) is 1. The first-order valence-corrected chi connectivity index (χ1v) is 10.8. The maximum atomic E-state index is 12.9. The Balaban J connectivity index is 1.32. The molecule has 3 aromatic rings. The fraction of sp³-hybridized carbons (Fsp3) is 0.333. The van der Waals surface area contributed by atoms with Gasteiger partial charge >= 0.3 is 0 Å². The van der Waals surface area contributed by atoms with Crippen LogP contribution >= 0.6 is 0 Å². The first kappa shape index (κ1) is 19.6. The summed E-state index contributed by atoms with van der Waals surface area (Å²) in [5, 5.41) is 3.12. The standard InChI is InChI=1S/C24H26N4O3/c25-23-8-4-17(14-26-23)16-3-6-21-19(13-16)20(9-12-30-21)27-24(29)22-7-5-18(31-22)15-28-10-1-2-11-28/h3-8,13-14,20H,1-2,9-12,15H2,(H2,25,26)(H,27,29). The van der Waals surface area contributed by atoms with E-state index >= 15 is 0 Å². The van der Waals surface area contributed by atoms with Gasteiger partial charge < -0.3 is 20.2 Å². The number of hydrogen-bond donors (Lipinski definition) is 2. The van der Waals surface area contributed by atoms with E-state index in [4.69, 9.17) is 14.9 Å². The quantitative estimate of drug-likeness (QED) is 0.655. The lowest BCUT2D eigenvalue weighted by molar-refractivity contribution is 0.0893. The van der Waals surface area contributed by atoms with Crippen LogP contribution in [0.1, 0.15) is 47.2 Å². The van der Waals surface area contributed by atoms with Gasteiger partial charge in [0.2, 0.25) is 0 Å². The van der Waals surface area contributed by atoms with Crippen molar-refractivity contribution in [1.29, 1.82) is 0 Å². The molecule has 2 aliphatic rings. The summed E-state index contributed by atoms with van der Waals surface area (Å²) in [6, 6.07) is 13.2. The van der Waals surface area contributed by atoms with Crippen molar-refractivity contribution in [2.24, 2.45) is 0 Å². The van der Waals surface area contributed by atoms with Crippen molar-refractivity contribution < 1.29 is 13.9 Å². The zero-order valence-corrected chi connectivity index (χ0v) is 17.3. The van der Waals surface area contributed by atoms with Crippen molar-refractivity contribution in [3.63, 3.8) is 0 Å². The summed E-state index contributed by atoms with van der Waals surface area (Å²) in [6.07, 6.45) is 4.90. The number of nitrogens with zero attached hydrogens (tertiary/aromatic N) is 2. The van der Waals surface area contributed by atoms with Crippen LogP contribution in [0.15, 0.2) is 53.1 Å². The van der Waals surface area contributed by atoms with E-state index in [0.29, 0.717) is 24.6 Å². The molecular weight excluding hydrogens is 392 g/mol. The van der Waals surface area contributed by atoms with E-state index in [0.717, 1.165) is 47.8 Å². The summed E-state index contributed by atoms with van der Waals surface area (Å²) in [5.74, 6) is 2.25. The smallest absolute Gasteiger partial charge is 0.287 e. The van der Waals surface area contributed by atoms with E-state index in [1.807, 2.05) is 30.3 Å².